The van der Waals surface area contributed by atoms with Crippen LogP contribution in [0.2, 0.25) is 0 Å². The molecule has 0 N–H and O–H groups in total. The van der Waals surface area contributed by atoms with Gasteiger partial charge in [0.2, 0.25) is 0 Å². The van der Waals surface area contributed by atoms with E-state index in [0.717, 1.165) is 6.29 Å². The molecule has 0 fully saturated rings. The lowest BCUT2D eigenvalue weighted by atomic mass is 9.75. The van der Waals surface area contributed by atoms with E-state index in [1.54, 1.807) is 6.92 Å². The van der Waals surface area contributed by atoms with Crippen LogP contribution in [0.25, 0.3) is 0 Å². The third-order valence-electron chi connectivity index (χ3n) is 4.28. The maximum absolute atomic E-state index is 11.9. The minimum atomic E-state index is -1.05. The van der Waals surface area contributed by atoms with Gasteiger partial charge in [0.25, 0.3) is 0 Å². The molecule has 0 aliphatic heterocycles. The van der Waals surface area contributed by atoms with Gasteiger partial charge in [0, 0.05) is 23.1 Å². The summed E-state index contributed by atoms with van der Waals surface area (Å²) in [6.07, 6.45) is 1.44. The van der Waals surface area contributed by atoms with E-state index in [9.17, 15) is 19.2 Å². The molecule has 156 valence electrons. The Kier molecular flexibility index (Phi) is 10.7. The van der Waals surface area contributed by atoms with Crippen molar-refractivity contribution in [2.75, 3.05) is 19.8 Å². The van der Waals surface area contributed by atoms with Crippen LogP contribution in [0.3, 0.4) is 0 Å². The summed E-state index contributed by atoms with van der Waals surface area (Å²) in [6.45, 7) is 16.3. The van der Waals surface area contributed by atoms with Gasteiger partial charge >= 0.3 is 17.9 Å². The van der Waals surface area contributed by atoms with Gasteiger partial charge in [-0.15, -0.1) is 0 Å². The van der Waals surface area contributed by atoms with Gasteiger partial charge in [0.15, 0.2) is 0 Å². The molecule has 0 rings (SSSR count). The van der Waals surface area contributed by atoms with E-state index < -0.39 is 23.3 Å². The molecule has 28 heavy (non-hydrogen) atoms. The van der Waals surface area contributed by atoms with Gasteiger partial charge in [-0.05, 0) is 33.1 Å². The van der Waals surface area contributed by atoms with Crippen molar-refractivity contribution >= 4 is 24.2 Å². The molecule has 7 nitrogen and oxygen atoms in total. The average Bonchev–Trinajstić information content (AvgIpc) is 2.64. The summed E-state index contributed by atoms with van der Waals surface area (Å²) in [5.41, 5.74) is -0.448. The van der Waals surface area contributed by atoms with Crippen LogP contribution in [0.15, 0.2) is 36.5 Å². The van der Waals surface area contributed by atoms with Crippen LogP contribution >= 0.6 is 0 Å². The summed E-state index contributed by atoms with van der Waals surface area (Å²) < 4.78 is 15.9. The van der Waals surface area contributed by atoms with Gasteiger partial charge in [0.05, 0.1) is 5.41 Å². The molecule has 0 bridgehead atoms. The predicted octanol–water partition coefficient (Wildman–Crippen LogP) is 2.95. The summed E-state index contributed by atoms with van der Waals surface area (Å²) >= 11 is 0. The minimum Gasteiger partial charge on any atom is -0.461 e. The minimum absolute atomic E-state index is 0.189. The molecule has 0 aliphatic carbocycles. The largest absolute Gasteiger partial charge is 0.461 e. The number of hydrogen-bond acceptors (Lipinski definition) is 7. The second-order valence-corrected chi connectivity index (χ2v) is 7.08. The molecule has 1 atom stereocenters. The first-order valence-corrected chi connectivity index (χ1v) is 8.88. The molecular weight excluding hydrogens is 364 g/mol. The quantitative estimate of drug-likeness (QED) is 0.205. The van der Waals surface area contributed by atoms with Crippen LogP contribution in [0, 0.1) is 11.3 Å². The van der Waals surface area contributed by atoms with Crippen molar-refractivity contribution in [2.45, 2.75) is 40.5 Å². The Labute approximate surface area is 166 Å². The van der Waals surface area contributed by atoms with E-state index in [1.165, 1.54) is 20.8 Å². The Balaban J connectivity index is 5.71. The van der Waals surface area contributed by atoms with E-state index in [4.69, 9.17) is 14.2 Å². The summed E-state index contributed by atoms with van der Waals surface area (Å²) in [7, 11) is 0. The lowest BCUT2D eigenvalue weighted by molar-refractivity contribution is -0.162. The second kappa shape index (κ2) is 11.9. The number of aldehydes is 1. The molecule has 1 unspecified atom stereocenters. The highest BCUT2D eigenvalue weighted by atomic mass is 16.6. The van der Waals surface area contributed by atoms with E-state index in [1.807, 2.05) is 0 Å². The highest BCUT2D eigenvalue weighted by Crippen LogP contribution is 2.33. The van der Waals surface area contributed by atoms with Crippen molar-refractivity contribution in [2.24, 2.45) is 11.3 Å². The van der Waals surface area contributed by atoms with Gasteiger partial charge in [-0.2, -0.15) is 0 Å². The topological polar surface area (TPSA) is 96.0 Å². The fourth-order valence-corrected chi connectivity index (χ4v) is 2.17. The van der Waals surface area contributed by atoms with Crippen molar-refractivity contribution in [3.05, 3.63) is 36.5 Å². The number of carbonyl (C=O) groups excluding carboxylic acids is 4. The van der Waals surface area contributed by atoms with Crippen LogP contribution < -0.4 is 0 Å². The molecule has 0 spiro atoms. The van der Waals surface area contributed by atoms with Crippen LogP contribution in [-0.2, 0) is 33.4 Å². The Morgan fingerprint density at radius 3 is 1.39 bits per heavy atom. The molecule has 0 amide bonds. The van der Waals surface area contributed by atoms with Gasteiger partial charge < -0.3 is 19.0 Å². The monoisotopic (exact) mass is 394 g/mol. The van der Waals surface area contributed by atoms with E-state index >= 15 is 0 Å². The molecular formula is C21H30O7. The molecule has 0 saturated carbocycles. The maximum Gasteiger partial charge on any atom is 0.333 e. The van der Waals surface area contributed by atoms with Crippen LogP contribution in [-0.4, -0.2) is 44.0 Å². The number of ether oxygens (including phenoxy) is 3. The van der Waals surface area contributed by atoms with E-state index in [-0.39, 0.29) is 48.9 Å². The standard InChI is InChI=1S/C21H30O7/c1-14(2)18(23)26-11-21(17(7)9-8-10-22,12-27-19(24)15(3)4)13-28-20(25)16(5)6/h10,17H,1,3,5,8-9,11-13H2,2,4,6-7H3. The third kappa shape index (κ3) is 8.33. The van der Waals surface area contributed by atoms with Gasteiger partial charge in [-0.25, -0.2) is 14.4 Å². The van der Waals surface area contributed by atoms with Crippen molar-refractivity contribution in [1.29, 1.82) is 0 Å². The molecule has 0 aliphatic rings. The Morgan fingerprint density at radius 1 is 0.821 bits per heavy atom. The van der Waals surface area contributed by atoms with Crippen LogP contribution in [0.1, 0.15) is 40.5 Å². The zero-order chi connectivity index (χ0) is 21.9. The normalized spacial score (nSPS) is 11.7. The third-order valence-corrected chi connectivity index (χ3v) is 4.28. The number of rotatable bonds is 13. The number of esters is 3. The van der Waals surface area contributed by atoms with Crippen molar-refractivity contribution < 1.29 is 33.4 Å². The molecule has 0 aromatic rings. The summed E-state index contributed by atoms with van der Waals surface area (Å²) in [4.78, 5) is 46.5. The maximum atomic E-state index is 11.9. The second-order valence-electron chi connectivity index (χ2n) is 7.08. The number of hydrogen-bond donors (Lipinski definition) is 0. The molecule has 0 saturated heterocycles. The Bertz CT molecular complexity index is 571. The molecule has 0 heterocycles. The zero-order valence-corrected chi connectivity index (χ0v) is 17.2. The van der Waals surface area contributed by atoms with Crippen LogP contribution in [0.4, 0.5) is 0 Å². The first-order valence-electron chi connectivity index (χ1n) is 8.88. The number of carbonyl (C=O) groups is 4. The van der Waals surface area contributed by atoms with Crippen molar-refractivity contribution in [3.8, 4) is 0 Å². The lowest BCUT2D eigenvalue weighted by Crippen LogP contribution is -2.45. The van der Waals surface area contributed by atoms with Gasteiger partial charge in [-0.3, -0.25) is 0 Å². The summed E-state index contributed by atoms with van der Waals surface area (Å²) in [6, 6.07) is 0. The summed E-state index contributed by atoms with van der Waals surface area (Å²) in [5.74, 6) is -2.15. The van der Waals surface area contributed by atoms with Crippen molar-refractivity contribution in [1.82, 2.24) is 0 Å². The lowest BCUT2D eigenvalue weighted by Gasteiger charge is -2.37. The van der Waals surface area contributed by atoms with E-state index in [2.05, 4.69) is 19.7 Å². The Morgan fingerprint density at radius 2 is 1.14 bits per heavy atom. The molecule has 0 aromatic carbocycles. The fraction of sp³-hybridized carbons (Fsp3) is 0.524. The van der Waals surface area contributed by atoms with Gasteiger partial charge in [-0.1, -0.05) is 26.7 Å². The predicted molar refractivity (Wildman–Crippen MR) is 104 cm³/mol. The van der Waals surface area contributed by atoms with Gasteiger partial charge in [0.1, 0.15) is 26.1 Å². The smallest absolute Gasteiger partial charge is 0.333 e. The summed E-state index contributed by atoms with van der Waals surface area (Å²) in [5, 5.41) is 0. The SMILES string of the molecule is C=C(C)C(=O)OCC(COC(=O)C(=C)C)(COC(=O)C(=C)C)C(C)CCC=O. The first kappa shape index (κ1) is 25.3. The Hall–Kier alpha value is -2.70. The first-order chi connectivity index (χ1) is 13.0. The average molecular weight is 394 g/mol. The molecule has 0 aromatic heterocycles. The molecule has 0 radical (unpaired) electrons. The zero-order valence-electron chi connectivity index (χ0n) is 17.2. The van der Waals surface area contributed by atoms with Crippen LogP contribution in [0.5, 0.6) is 0 Å². The highest BCUT2D eigenvalue weighted by Gasteiger charge is 2.41. The highest BCUT2D eigenvalue weighted by molar-refractivity contribution is 5.88. The van der Waals surface area contributed by atoms with Crippen molar-refractivity contribution in [3.63, 3.8) is 0 Å². The molecule has 7 heteroatoms. The fourth-order valence-electron chi connectivity index (χ4n) is 2.17. The van der Waals surface area contributed by atoms with E-state index in [0.29, 0.717) is 6.42 Å².